The van der Waals surface area contributed by atoms with Crippen LogP contribution in [0.4, 0.5) is 0 Å². The van der Waals surface area contributed by atoms with Gasteiger partial charge in [-0.25, -0.2) is 8.42 Å². The molecule has 18 heavy (non-hydrogen) atoms. The van der Waals surface area contributed by atoms with E-state index in [4.69, 9.17) is 4.74 Å². The molecule has 0 radical (unpaired) electrons. The van der Waals surface area contributed by atoms with E-state index in [0.717, 1.165) is 25.9 Å². The Labute approximate surface area is 109 Å². The Kier molecular flexibility index (Phi) is 6.04. The zero-order chi connectivity index (χ0) is 13.6. The summed E-state index contributed by atoms with van der Waals surface area (Å²) in [5, 5.41) is 3.19. The molecule has 0 atom stereocenters. The molecule has 1 aliphatic heterocycles. The Hall–Kier alpha value is -0.660. The highest BCUT2D eigenvalue weighted by molar-refractivity contribution is 7.89. The zero-order valence-corrected chi connectivity index (χ0v) is 11.8. The van der Waals surface area contributed by atoms with Gasteiger partial charge in [-0.3, -0.25) is 4.79 Å². The first kappa shape index (κ1) is 15.4. The molecule has 0 unspecified atom stereocenters. The lowest BCUT2D eigenvalue weighted by Gasteiger charge is -2.32. The van der Waals surface area contributed by atoms with Crippen LogP contribution in [0.15, 0.2) is 0 Å². The van der Waals surface area contributed by atoms with Gasteiger partial charge in [0.25, 0.3) is 0 Å². The number of sulfonamides is 1. The summed E-state index contributed by atoms with van der Waals surface area (Å²) < 4.78 is 30.4. The van der Waals surface area contributed by atoms with E-state index >= 15 is 0 Å². The van der Waals surface area contributed by atoms with Gasteiger partial charge in [-0.05, 0) is 32.9 Å². The maximum atomic E-state index is 12.2. The number of nitrogens with one attached hydrogen (secondary N) is 1. The predicted molar refractivity (Wildman–Crippen MR) is 68.7 cm³/mol. The summed E-state index contributed by atoms with van der Waals surface area (Å²) in [4.78, 5) is 11.3. The first-order chi connectivity index (χ1) is 8.51. The van der Waals surface area contributed by atoms with Crippen LogP contribution in [0.1, 0.15) is 26.7 Å². The Balaban J connectivity index is 2.69. The number of piperidine rings is 1. The van der Waals surface area contributed by atoms with Crippen LogP contribution in [-0.4, -0.2) is 56.7 Å². The molecule has 0 saturated carbocycles. The van der Waals surface area contributed by atoms with E-state index in [-0.39, 0.29) is 12.6 Å². The van der Waals surface area contributed by atoms with E-state index in [1.807, 2.05) is 0 Å². The quantitative estimate of drug-likeness (QED) is 0.690. The molecule has 1 saturated heterocycles. The van der Waals surface area contributed by atoms with Crippen LogP contribution in [0.3, 0.4) is 0 Å². The largest absolute Gasteiger partial charge is 0.465 e. The first-order valence-electron chi connectivity index (χ1n) is 6.37. The lowest BCUT2D eigenvalue weighted by molar-refractivity contribution is -0.140. The smallest absolute Gasteiger partial charge is 0.322 e. The molecule has 0 aliphatic carbocycles. The topological polar surface area (TPSA) is 75.7 Å². The molecule has 0 aromatic rings. The number of nitrogens with zero attached hydrogens (tertiary/aromatic N) is 1. The lowest BCUT2D eigenvalue weighted by Crippen LogP contribution is -2.47. The van der Waals surface area contributed by atoms with Crippen molar-refractivity contribution in [3.63, 3.8) is 0 Å². The van der Waals surface area contributed by atoms with Crippen molar-refractivity contribution in [1.82, 2.24) is 9.62 Å². The van der Waals surface area contributed by atoms with E-state index < -0.39 is 21.7 Å². The third-order valence-electron chi connectivity index (χ3n) is 2.99. The highest BCUT2D eigenvalue weighted by atomic mass is 32.2. The molecule has 1 rings (SSSR count). The van der Waals surface area contributed by atoms with Gasteiger partial charge in [0, 0.05) is 12.6 Å². The maximum Gasteiger partial charge on any atom is 0.322 e. The average Bonchev–Trinajstić information content (AvgIpc) is 2.30. The van der Waals surface area contributed by atoms with Gasteiger partial charge in [0.05, 0.1) is 6.61 Å². The molecule has 1 fully saturated rings. The number of esters is 1. The number of carbonyl (C=O) groups is 1. The van der Waals surface area contributed by atoms with E-state index in [0.29, 0.717) is 6.54 Å². The lowest BCUT2D eigenvalue weighted by atomic mass is 10.1. The van der Waals surface area contributed by atoms with E-state index in [9.17, 15) is 13.2 Å². The third-order valence-corrected chi connectivity index (χ3v) is 4.86. The summed E-state index contributed by atoms with van der Waals surface area (Å²) in [5.74, 6) is -1.23. The van der Waals surface area contributed by atoms with E-state index in [1.54, 1.807) is 13.8 Å². The second-order valence-electron chi connectivity index (χ2n) is 4.25. The highest BCUT2D eigenvalue weighted by Crippen LogP contribution is 2.16. The van der Waals surface area contributed by atoms with Crippen molar-refractivity contribution in [1.29, 1.82) is 0 Å². The van der Waals surface area contributed by atoms with Crippen LogP contribution in [0.25, 0.3) is 0 Å². The van der Waals surface area contributed by atoms with Crippen LogP contribution >= 0.6 is 0 Å². The molecule has 0 aromatic carbocycles. The molecule has 1 heterocycles. The molecule has 7 heteroatoms. The van der Waals surface area contributed by atoms with Crippen molar-refractivity contribution >= 4 is 16.0 Å². The summed E-state index contributed by atoms with van der Waals surface area (Å²) in [6.45, 7) is 5.69. The van der Waals surface area contributed by atoms with Crippen molar-refractivity contribution < 1.29 is 17.9 Å². The molecule has 106 valence electrons. The standard InChI is InChI=1S/C11H22N2O4S/c1-3-13(10-5-7-12-8-6-10)18(15,16)9-11(14)17-4-2/h10,12H,3-9H2,1-2H3. The van der Waals surface area contributed by atoms with Crippen molar-refractivity contribution in [2.75, 3.05) is 32.0 Å². The Morgan fingerprint density at radius 2 is 1.94 bits per heavy atom. The second kappa shape index (κ2) is 7.06. The molecule has 1 aliphatic rings. The van der Waals surface area contributed by atoms with Crippen LogP contribution in [0.2, 0.25) is 0 Å². The third kappa shape index (κ3) is 4.22. The second-order valence-corrected chi connectivity index (χ2v) is 6.17. The number of ether oxygens (including phenoxy) is 1. The van der Waals surface area contributed by atoms with Gasteiger partial charge in [0.2, 0.25) is 10.0 Å². The molecule has 0 amide bonds. The number of hydrogen-bond acceptors (Lipinski definition) is 5. The van der Waals surface area contributed by atoms with Crippen LogP contribution in [0.5, 0.6) is 0 Å². The zero-order valence-electron chi connectivity index (χ0n) is 11.0. The Morgan fingerprint density at radius 3 is 2.44 bits per heavy atom. The van der Waals surface area contributed by atoms with Gasteiger partial charge in [0.15, 0.2) is 5.75 Å². The molecule has 0 spiro atoms. The van der Waals surface area contributed by atoms with Gasteiger partial charge in [-0.2, -0.15) is 4.31 Å². The van der Waals surface area contributed by atoms with Crippen molar-refractivity contribution in [3.8, 4) is 0 Å². The summed E-state index contributed by atoms with van der Waals surface area (Å²) >= 11 is 0. The van der Waals surface area contributed by atoms with Crippen LogP contribution in [0, 0.1) is 0 Å². The summed E-state index contributed by atoms with van der Waals surface area (Å²) in [5.41, 5.74) is 0. The summed E-state index contributed by atoms with van der Waals surface area (Å²) in [6.07, 6.45) is 1.58. The van der Waals surface area contributed by atoms with Gasteiger partial charge in [-0.15, -0.1) is 0 Å². The minimum Gasteiger partial charge on any atom is -0.465 e. The number of carbonyl (C=O) groups excluding carboxylic acids is 1. The van der Waals surface area contributed by atoms with Gasteiger partial charge < -0.3 is 10.1 Å². The van der Waals surface area contributed by atoms with Crippen molar-refractivity contribution in [3.05, 3.63) is 0 Å². The van der Waals surface area contributed by atoms with Gasteiger partial charge in [-0.1, -0.05) is 6.92 Å². The average molecular weight is 278 g/mol. The number of hydrogen-bond donors (Lipinski definition) is 1. The highest BCUT2D eigenvalue weighted by Gasteiger charge is 2.31. The fourth-order valence-corrected chi connectivity index (χ4v) is 3.82. The fraction of sp³-hybridized carbons (Fsp3) is 0.909. The molecule has 1 N–H and O–H groups in total. The fourth-order valence-electron chi connectivity index (χ4n) is 2.21. The van der Waals surface area contributed by atoms with E-state index in [1.165, 1.54) is 4.31 Å². The molecule has 0 bridgehead atoms. The van der Waals surface area contributed by atoms with Gasteiger partial charge in [0.1, 0.15) is 0 Å². The minimum atomic E-state index is -3.56. The monoisotopic (exact) mass is 278 g/mol. The molecular weight excluding hydrogens is 256 g/mol. The Morgan fingerprint density at radius 1 is 1.33 bits per heavy atom. The summed E-state index contributed by atoms with van der Waals surface area (Å²) in [6, 6.07) is -0.00400. The van der Waals surface area contributed by atoms with Crippen LogP contribution in [-0.2, 0) is 19.6 Å². The number of rotatable bonds is 6. The van der Waals surface area contributed by atoms with Gasteiger partial charge >= 0.3 is 5.97 Å². The maximum absolute atomic E-state index is 12.2. The van der Waals surface area contributed by atoms with Crippen molar-refractivity contribution in [2.24, 2.45) is 0 Å². The Bertz CT molecular complexity index is 363. The van der Waals surface area contributed by atoms with Crippen LogP contribution < -0.4 is 5.32 Å². The van der Waals surface area contributed by atoms with Crippen molar-refractivity contribution in [2.45, 2.75) is 32.7 Å². The molecule has 6 nitrogen and oxygen atoms in total. The predicted octanol–water partition coefficient (Wildman–Crippen LogP) is -0.0468. The molecular formula is C11H22N2O4S. The molecule has 0 aromatic heterocycles. The SMILES string of the molecule is CCOC(=O)CS(=O)(=O)N(CC)C1CCNCC1. The summed E-state index contributed by atoms with van der Waals surface area (Å²) in [7, 11) is -3.56. The normalized spacial score (nSPS) is 17.9. The first-order valence-corrected chi connectivity index (χ1v) is 7.98. The minimum absolute atomic E-state index is 0.00400. The van der Waals surface area contributed by atoms with E-state index in [2.05, 4.69) is 5.32 Å².